The van der Waals surface area contributed by atoms with Crippen LogP contribution in [-0.2, 0) is 15.1 Å². The molecule has 0 bridgehead atoms. The molecule has 9 nitrogen and oxygen atoms in total. The maximum absolute atomic E-state index is 13.2. The number of thiophene rings is 1. The average molecular weight is 483 g/mol. The van der Waals surface area contributed by atoms with Crippen molar-refractivity contribution in [3.8, 4) is 10.7 Å². The van der Waals surface area contributed by atoms with Crippen LogP contribution in [0.4, 0.5) is 4.79 Å². The van der Waals surface area contributed by atoms with E-state index < -0.39 is 23.4 Å². The predicted octanol–water partition coefficient (Wildman–Crippen LogP) is 3.32. The van der Waals surface area contributed by atoms with E-state index >= 15 is 0 Å². The molecule has 170 valence electrons. The Kier molecular flexibility index (Phi) is 5.67. The number of hydrazine groups is 1. The predicted molar refractivity (Wildman–Crippen MR) is 124 cm³/mol. The van der Waals surface area contributed by atoms with Gasteiger partial charge in [-0.1, -0.05) is 55.1 Å². The highest BCUT2D eigenvalue weighted by Crippen LogP contribution is 2.41. The molecule has 4 amide bonds. The van der Waals surface area contributed by atoms with Crippen molar-refractivity contribution in [3.05, 3.63) is 53.4 Å². The Morgan fingerprint density at radius 2 is 2.00 bits per heavy atom. The Morgan fingerprint density at radius 1 is 1.21 bits per heavy atom. The molecule has 2 fully saturated rings. The van der Waals surface area contributed by atoms with E-state index in [-0.39, 0.29) is 5.75 Å². The normalized spacial score (nSPS) is 20.2. The number of amides is 4. The van der Waals surface area contributed by atoms with Crippen molar-refractivity contribution < 1.29 is 14.4 Å². The molecule has 1 saturated carbocycles. The number of hydrogen-bond acceptors (Lipinski definition) is 7. The summed E-state index contributed by atoms with van der Waals surface area (Å²) in [6, 6.07) is 12.7. The lowest BCUT2D eigenvalue weighted by molar-refractivity contribution is -0.138. The minimum Gasteiger partial charge on any atom is -0.318 e. The number of carbonyl (C=O) groups excluding carboxylic acids is 3. The SMILES string of the molecule is CC[C@@]1(c2ccccc2)NC(=O)N(NC(=O)CSc2nnc(-c3cccs3)n2C2CC2)C1=O. The molecule has 3 aromatic rings. The lowest BCUT2D eigenvalue weighted by Crippen LogP contribution is -2.49. The first-order valence-corrected chi connectivity index (χ1v) is 12.5. The highest BCUT2D eigenvalue weighted by atomic mass is 32.2. The van der Waals surface area contributed by atoms with E-state index in [1.807, 2.05) is 42.6 Å². The van der Waals surface area contributed by atoms with Crippen LogP contribution < -0.4 is 10.7 Å². The number of aromatic nitrogens is 3. The van der Waals surface area contributed by atoms with Crippen molar-refractivity contribution in [1.29, 1.82) is 0 Å². The van der Waals surface area contributed by atoms with Gasteiger partial charge in [-0.3, -0.25) is 19.6 Å². The van der Waals surface area contributed by atoms with Crippen LogP contribution in [0.3, 0.4) is 0 Å². The molecule has 1 aromatic carbocycles. The van der Waals surface area contributed by atoms with E-state index in [4.69, 9.17) is 0 Å². The van der Waals surface area contributed by atoms with Crippen molar-refractivity contribution in [3.63, 3.8) is 0 Å². The van der Waals surface area contributed by atoms with Gasteiger partial charge in [0.05, 0.1) is 10.6 Å². The summed E-state index contributed by atoms with van der Waals surface area (Å²) >= 11 is 2.84. The van der Waals surface area contributed by atoms with Crippen LogP contribution in [0.25, 0.3) is 10.7 Å². The van der Waals surface area contributed by atoms with Crippen molar-refractivity contribution >= 4 is 40.9 Å². The number of benzene rings is 1. The number of imide groups is 1. The smallest absolute Gasteiger partial charge is 0.318 e. The van der Waals surface area contributed by atoms with E-state index in [0.29, 0.717) is 23.2 Å². The molecule has 33 heavy (non-hydrogen) atoms. The molecule has 0 unspecified atom stereocenters. The number of rotatable bonds is 8. The fourth-order valence-electron chi connectivity index (χ4n) is 3.94. The van der Waals surface area contributed by atoms with Crippen LogP contribution in [0.1, 0.15) is 37.8 Å². The maximum atomic E-state index is 13.2. The van der Waals surface area contributed by atoms with Crippen LogP contribution in [0.2, 0.25) is 0 Å². The maximum Gasteiger partial charge on any atom is 0.344 e. The minimum absolute atomic E-state index is 0.00316. The van der Waals surface area contributed by atoms with Gasteiger partial charge in [-0.05, 0) is 36.3 Å². The second kappa shape index (κ2) is 8.64. The molecular weight excluding hydrogens is 460 g/mol. The van der Waals surface area contributed by atoms with Crippen LogP contribution >= 0.6 is 23.1 Å². The minimum atomic E-state index is -1.19. The van der Waals surface area contributed by atoms with Crippen LogP contribution in [0.5, 0.6) is 0 Å². The quantitative estimate of drug-likeness (QED) is 0.377. The molecule has 1 aliphatic carbocycles. The van der Waals surface area contributed by atoms with E-state index in [0.717, 1.165) is 28.6 Å². The van der Waals surface area contributed by atoms with Gasteiger partial charge in [0.2, 0.25) is 5.91 Å². The molecule has 0 radical (unpaired) electrons. The summed E-state index contributed by atoms with van der Waals surface area (Å²) in [7, 11) is 0. The summed E-state index contributed by atoms with van der Waals surface area (Å²) in [4.78, 5) is 39.4. The topological polar surface area (TPSA) is 109 Å². The van der Waals surface area contributed by atoms with Crippen LogP contribution in [-0.4, -0.2) is 43.4 Å². The Hall–Kier alpha value is -3.18. The van der Waals surface area contributed by atoms with E-state index in [1.54, 1.807) is 23.5 Å². The molecular formula is C22H22N6O3S2. The lowest BCUT2D eigenvalue weighted by Gasteiger charge is -2.25. The van der Waals surface area contributed by atoms with E-state index in [2.05, 4.69) is 25.5 Å². The number of urea groups is 1. The second-order valence-corrected chi connectivity index (χ2v) is 9.79. The Labute approximate surface area is 198 Å². The first-order valence-electron chi connectivity index (χ1n) is 10.7. The second-order valence-electron chi connectivity index (χ2n) is 7.90. The van der Waals surface area contributed by atoms with Crippen LogP contribution in [0, 0.1) is 0 Å². The van der Waals surface area contributed by atoms with Gasteiger partial charge >= 0.3 is 6.03 Å². The third kappa shape index (κ3) is 3.91. The lowest BCUT2D eigenvalue weighted by atomic mass is 9.87. The Balaban J connectivity index is 1.28. The van der Waals surface area contributed by atoms with E-state index in [9.17, 15) is 14.4 Å². The average Bonchev–Trinajstić information content (AvgIpc) is 3.26. The molecule has 2 N–H and O–H groups in total. The van der Waals surface area contributed by atoms with Gasteiger partial charge < -0.3 is 5.32 Å². The fraction of sp³-hybridized carbons (Fsp3) is 0.318. The summed E-state index contributed by atoms with van der Waals surface area (Å²) in [6.45, 7) is 1.82. The summed E-state index contributed by atoms with van der Waals surface area (Å²) in [5, 5.41) is 14.8. The molecule has 1 atom stereocenters. The molecule has 11 heteroatoms. The summed E-state index contributed by atoms with van der Waals surface area (Å²) in [5.74, 6) is -0.163. The summed E-state index contributed by atoms with van der Waals surface area (Å²) in [5.41, 5.74) is 1.95. The molecule has 5 rings (SSSR count). The van der Waals surface area contributed by atoms with Crippen molar-refractivity contribution in [2.75, 3.05) is 5.75 Å². The van der Waals surface area contributed by atoms with Gasteiger partial charge in [0.25, 0.3) is 5.91 Å². The standard InChI is InChI=1S/C22H22N6O3S2/c1-2-22(14-7-4-3-5-8-14)19(30)28(20(31)23-22)26-17(29)13-33-21-25-24-18(16-9-6-12-32-16)27(21)15-10-11-15/h3-9,12,15H,2,10-11,13H2,1H3,(H,23,31)(H,26,29)/t22-/m0/s1. The zero-order valence-corrected chi connectivity index (χ0v) is 19.5. The van der Waals surface area contributed by atoms with Gasteiger partial charge in [-0.15, -0.1) is 21.5 Å². The highest BCUT2D eigenvalue weighted by molar-refractivity contribution is 7.99. The summed E-state index contributed by atoms with van der Waals surface area (Å²) in [6.07, 6.45) is 2.47. The van der Waals surface area contributed by atoms with Gasteiger partial charge in [-0.2, -0.15) is 5.01 Å². The Bertz CT molecular complexity index is 1190. The zero-order chi connectivity index (χ0) is 23.0. The van der Waals surface area contributed by atoms with Gasteiger partial charge in [0, 0.05) is 6.04 Å². The third-order valence-corrected chi connectivity index (χ3v) is 7.58. The Morgan fingerprint density at radius 3 is 2.67 bits per heavy atom. The summed E-state index contributed by atoms with van der Waals surface area (Å²) < 4.78 is 2.08. The fourth-order valence-corrected chi connectivity index (χ4v) is 5.44. The zero-order valence-electron chi connectivity index (χ0n) is 17.9. The molecule has 2 aromatic heterocycles. The first kappa shape index (κ1) is 21.7. The number of carbonyl (C=O) groups is 3. The number of nitrogens with zero attached hydrogens (tertiary/aromatic N) is 4. The van der Waals surface area contributed by atoms with Crippen molar-refractivity contribution in [1.82, 2.24) is 30.5 Å². The molecule has 1 aliphatic heterocycles. The van der Waals surface area contributed by atoms with Gasteiger partial charge in [0.15, 0.2) is 11.0 Å². The third-order valence-electron chi connectivity index (χ3n) is 5.78. The van der Waals surface area contributed by atoms with Crippen LogP contribution in [0.15, 0.2) is 53.0 Å². The van der Waals surface area contributed by atoms with Gasteiger partial charge in [0.1, 0.15) is 5.54 Å². The molecule has 1 saturated heterocycles. The first-order chi connectivity index (χ1) is 16.0. The number of hydrogen-bond donors (Lipinski definition) is 2. The molecule has 0 spiro atoms. The molecule has 3 heterocycles. The van der Waals surface area contributed by atoms with Crippen molar-refractivity contribution in [2.45, 2.75) is 42.9 Å². The monoisotopic (exact) mass is 482 g/mol. The van der Waals surface area contributed by atoms with Crippen molar-refractivity contribution in [2.24, 2.45) is 0 Å². The van der Waals surface area contributed by atoms with E-state index in [1.165, 1.54) is 11.8 Å². The largest absolute Gasteiger partial charge is 0.344 e. The number of nitrogens with one attached hydrogen (secondary N) is 2. The highest BCUT2D eigenvalue weighted by Gasteiger charge is 2.52. The van der Waals surface area contributed by atoms with Gasteiger partial charge in [-0.25, -0.2) is 4.79 Å². The molecule has 2 aliphatic rings. The number of thioether (sulfide) groups is 1.